The summed E-state index contributed by atoms with van der Waals surface area (Å²) in [5.41, 5.74) is -0.0479. The molecule has 25 heavy (non-hydrogen) atoms. The van der Waals surface area contributed by atoms with Crippen molar-refractivity contribution in [2.24, 2.45) is 23.2 Å². The summed E-state index contributed by atoms with van der Waals surface area (Å²) in [4.78, 5) is 40.2. The molecule has 1 aliphatic carbocycles. The Morgan fingerprint density at radius 2 is 1.84 bits per heavy atom. The fourth-order valence-corrected chi connectivity index (χ4v) is 4.55. The Labute approximate surface area is 149 Å². The number of likely N-dealkylation sites (tertiary alicyclic amines) is 2. The smallest absolute Gasteiger partial charge is 0.307 e. The third kappa shape index (κ3) is 3.53. The molecule has 0 aromatic carbocycles. The van der Waals surface area contributed by atoms with E-state index in [1.807, 2.05) is 23.6 Å². The number of piperidine rings is 2. The number of nitrogens with zero attached hydrogens (tertiary/aromatic N) is 2. The van der Waals surface area contributed by atoms with Crippen molar-refractivity contribution in [2.45, 2.75) is 52.4 Å². The summed E-state index contributed by atoms with van der Waals surface area (Å²) >= 11 is 0. The van der Waals surface area contributed by atoms with Crippen LogP contribution in [-0.4, -0.2) is 58.9 Å². The van der Waals surface area contributed by atoms with Crippen LogP contribution in [-0.2, 0) is 14.4 Å². The van der Waals surface area contributed by atoms with Crippen LogP contribution in [0.2, 0.25) is 0 Å². The van der Waals surface area contributed by atoms with Crippen molar-refractivity contribution in [3.05, 3.63) is 0 Å². The maximum Gasteiger partial charge on any atom is 0.307 e. The summed E-state index contributed by atoms with van der Waals surface area (Å²) in [6.07, 6.45) is 4.94. The van der Waals surface area contributed by atoms with Gasteiger partial charge in [-0.3, -0.25) is 14.4 Å². The molecule has 3 fully saturated rings. The lowest BCUT2D eigenvalue weighted by molar-refractivity contribution is -0.143. The number of hydrogen-bond donors (Lipinski definition) is 1. The van der Waals surface area contributed by atoms with Crippen LogP contribution in [0, 0.1) is 23.2 Å². The summed E-state index contributed by atoms with van der Waals surface area (Å²) < 4.78 is 0. The molecule has 1 spiro atoms. The monoisotopic (exact) mass is 350 g/mol. The van der Waals surface area contributed by atoms with E-state index < -0.39 is 5.97 Å². The summed E-state index contributed by atoms with van der Waals surface area (Å²) in [5.74, 6) is -0.643. The molecule has 2 saturated heterocycles. The highest BCUT2D eigenvalue weighted by Gasteiger charge is 2.59. The molecule has 3 aliphatic rings. The zero-order chi connectivity index (χ0) is 18.2. The van der Waals surface area contributed by atoms with Gasteiger partial charge in [-0.1, -0.05) is 13.8 Å². The second-order valence-corrected chi connectivity index (χ2v) is 8.22. The highest BCUT2D eigenvalue weighted by molar-refractivity contribution is 5.82. The Balaban J connectivity index is 1.53. The van der Waals surface area contributed by atoms with E-state index in [1.165, 1.54) is 0 Å². The number of aliphatic carboxylic acids is 1. The Bertz CT molecular complexity index is 554. The third-order valence-electron chi connectivity index (χ3n) is 6.67. The van der Waals surface area contributed by atoms with Crippen LogP contribution in [0.4, 0.5) is 0 Å². The maximum absolute atomic E-state index is 12.9. The summed E-state index contributed by atoms with van der Waals surface area (Å²) in [6, 6.07) is 0. The molecule has 0 radical (unpaired) electrons. The van der Waals surface area contributed by atoms with E-state index in [-0.39, 0.29) is 35.0 Å². The number of carbonyl (C=O) groups is 3. The largest absolute Gasteiger partial charge is 0.481 e. The molecule has 0 aromatic heterocycles. The zero-order valence-corrected chi connectivity index (χ0v) is 15.4. The molecular formula is C19H30N2O4. The average Bonchev–Trinajstić information content (AvgIpc) is 3.34. The first-order valence-corrected chi connectivity index (χ1v) is 9.68. The second kappa shape index (κ2) is 6.96. The molecule has 140 valence electrons. The number of amides is 2. The highest BCUT2D eigenvalue weighted by atomic mass is 16.4. The van der Waals surface area contributed by atoms with E-state index in [0.29, 0.717) is 19.6 Å². The normalized spacial score (nSPS) is 29.4. The van der Waals surface area contributed by atoms with Crippen molar-refractivity contribution in [1.82, 2.24) is 9.80 Å². The molecule has 2 amide bonds. The van der Waals surface area contributed by atoms with Gasteiger partial charge < -0.3 is 14.9 Å². The molecule has 0 bridgehead atoms. The minimum absolute atomic E-state index is 0.0199. The molecule has 2 aliphatic heterocycles. The van der Waals surface area contributed by atoms with Crippen LogP contribution in [0.5, 0.6) is 0 Å². The van der Waals surface area contributed by atoms with Gasteiger partial charge in [-0.15, -0.1) is 0 Å². The van der Waals surface area contributed by atoms with E-state index in [9.17, 15) is 19.5 Å². The number of carbonyl (C=O) groups excluding carboxylic acids is 2. The lowest BCUT2D eigenvalue weighted by atomic mass is 9.89. The first-order chi connectivity index (χ1) is 11.9. The number of rotatable bonds is 4. The predicted octanol–water partition coefficient (Wildman–Crippen LogP) is 1.98. The Kier molecular flexibility index (Phi) is 5.07. The van der Waals surface area contributed by atoms with Gasteiger partial charge in [0.05, 0.1) is 11.8 Å². The number of carboxylic acids is 1. The van der Waals surface area contributed by atoms with Crippen molar-refractivity contribution < 1.29 is 19.5 Å². The molecule has 1 N–H and O–H groups in total. The van der Waals surface area contributed by atoms with E-state index >= 15 is 0 Å². The van der Waals surface area contributed by atoms with Gasteiger partial charge >= 0.3 is 5.97 Å². The van der Waals surface area contributed by atoms with Crippen LogP contribution in [0.1, 0.15) is 52.4 Å². The SMILES string of the molecule is CCC(C)C(=O)N1CCCC(C(=O)N2CCC3(CC2)CC3C(=O)O)C1. The molecule has 1 saturated carbocycles. The molecule has 3 unspecified atom stereocenters. The van der Waals surface area contributed by atoms with Crippen molar-refractivity contribution in [1.29, 1.82) is 0 Å². The summed E-state index contributed by atoms with van der Waals surface area (Å²) in [6.45, 7) is 6.60. The van der Waals surface area contributed by atoms with Crippen LogP contribution < -0.4 is 0 Å². The first kappa shape index (κ1) is 18.2. The highest BCUT2D eigenvalue weighted by Crippen LogP contribution is 2.59. The van der Waals surface area contributed by atoms with Gasteiger partial charge in [0.2, 0.25) is 11.8 Å². The van der Waals surface area contributed by atoms with Gasteiger partial charge in [0, 0.05) is 32.1 Å². The fraction of sp³-hybridized carbons (Fsp3) is 0.842. The minimum Gasteiger partial charge on any atom is -0.481 e. The third-order valence-corrected chi connectivity index (χ3v) is 6.67. The lowest BCUT2D eigenvalue weighted by Gasteiger charge is -2.38. The Morgan fingerprint density at radius 1 is 1.16 bits per heavy atom. The molecular weight excluding hydrogens is 320 g/mol. The Morgan fingerprint density at radius 3 is 2.40 bits per heavy atom. The molecule has 2 heterocycles. The van der Waals surface area contributed by atoms with Gasteiger partial charge in [-0.05, 0) is 43.9 Å². The molecule has 3 atom stereocenters. The average molecular weight is 350 g/mol. The summed E-state index contributed by atoms with van der Waals surface area (Å²) in [7, 11) is 0. The van der Waals surface area contributed by atoms with Crippen molar-refractivity contribution in [3.63, 3.8) is 0 Å². The van der Waals surface area contributed by atoms with Crippen molar-refractivity contribution in [3.8, 4) is 0 Å². The lowest BCUT2D eigenvalue weighted by Crippen LogP contribution is -2.49. The zero-order valence-electron chi connectivity index (χ0n) is 15.4. The second-order valence-electron chi connectivity index (χ2n) is 8.22. The summed E-state index contributed by atoms with van der Waals surface area (Å²) in [5, 5.41) is 9.18. The van der Waals surface area contributed by atoms with Crippen LogP contribution >= 0.6 is 0 Å². The molecule has 6 nitrogen and oxygen atoms in total. The van der Waals surface area contributed by atoms with Crippen LogP contribution in [0.15, 0.2) is 0 Å². The topological polar surface area (TPSA) is 77.9 Å². The standard InChI is InChI=1S/C19H30N2O4/c1-3-13(2)16(22)21-8-4-5-14(12-21)17(23)20-9-6-19(7-10-20)11-15(19)18(24)25/h13-15H,3-12H2,1-2H3,(H,24,25). The Hall–Kier alpha value is -1.59. The van der Waals surface area contributed by atoms with Gasteiger partial charge in [0.1, 0.15) is 0 Å². The fourth-order valence-electron chi connectivity index (χ4n) is 4.55. The van der Waals surface area contributed by atoms with Gasteiger partial charge in [-0.25, -0.2) is 0 Å². The maximum atomic E-state index is 12.9. The van der Waals surface area contributed by atoms with Gasteiger partial charge in [0.25, 0.3) is 0 Å². The van der Waals surface area contributed by atoms with Crippen molar-refractivity contribution in [2.75, 3.05) is 26.2 Å². The predicted molar refractivity (Wildman–Crippen MR) is 92.7 cm³/mol. The van der Waals surface area contributed by atoms with Crippen LogP contribution in [0.3, 0.4) is 0 Å². The quantitative estimate of drug-likeness (QED) is 0.841. The van der Waals surface area contributed by atoms with Gasteiger partial charge in [-0.2, -0.15) is 0 Å². The minimum atomic E-state index is -0.689. The first-order valence-electron chi connectivity index (χ1n) is 9.68. The number of carboxylic acid groups (broad SMARTS) is 1. The van der Waals surface area contributed by atoms with Crippen LogP contribution in [0.25, 0.3) is 0 Å². The number of hydrogen-bond acceptors (Lipinski definition) is 3. The van der Waals surface area contributed by atoms with E-state index in [0.717, 1.165) is 45.1 Å². The molecule has 0 aromatic rings. The van der Waals surface area contributed by atoms with E-state index in [1.54, 1.807) is 0 Å². The van der Waals surface area contributed by atoms with E-state index in [2.05, 4.69) is 0 Å². The molecule has 6 heteroatoms. The van der Waals surface area contributed by atoms with Gasteiger partial charge in [0.15, 0.2) is 0 Å². The van der Waals surface area contributed by atoms with Crippen molar-refractivity contribution >= 4 is 17.8 Å². The van der Waals surface area contributed by atoms with E-state index in [4.69, 9.17) is 0 Å². The molecule has 3 rings (SSSR count).